The maximum Gasteiger partial charge on any atom is 0.317 e. The Bertz CT molecular complexity index is 637. The van der Waals surface area contributed by atoms with Crippen molar-refractivity contribution < 1.29 is 14.6 Å². The second-order valence-electron chi connectivity index (χ2n) is 5.36. The molecule has 0 bridgehead atoms. The van der Waals surface area contributed by atoms with Gasteiger partial charge in [-0.1, -0.05) is 30.3 Å². The first-order valence-electron chi connectivity index (χ1n) is 7.03. The highest BCUT2D eigenvalue weighted by atomic mass is 16.5. The predicted molar refractivity (Wildman–Crippen MR) is 83.7 cm³/mol. The van der Waals surface area contributed by atoms with Gasteiger partial charge in [-0.2, -0.15) is 0 Å². The van der Waals surface area contributed by atoms with Crippen LogP contribution in [0, 0.1) is 0 Å². The average Bonchev–Trinajstić information content (AvgIpc) is 2.46. The van der Waals surface area contributed by atoms with Crippen LogP contribution in [0.3, 0.4) is 0 Å². The van der Waals surface area contributed by atoms with Gasteiger partial charge in [-0.3, -0.25) is 9.69 Å². The third kappa shape index (κ3) is 3.52. The van der Waals surface area contributed by atoms with E-state index in [0.29, 0.717) is 6.54 Å². The predicted octanol–water partition coefficient (Wildman–Crippen LogP) is 3.14. The number of methoxy groups -OCH3 is 1. The van der Waals surface area contributed by atoms with Crippen LogP contribution in [0.2, 0.25) is 0 Å². The molecule has 0 amide bonds. The third-order valence-electron chi connectivity index (χ3n) is 3.64. The highest BCUT2D eigenvalue weighted by molar-refractivity contribution is 5.91. The van der Waals surface area contributed by atoms with E-state index in [0.717, 1.165) is 22.1 Å². The second-order valence-corrected chi connectivity index (χ2v) is 5.36. The molecule has 0 spiro atoms. The number of ether oxygens (including phenoxy) is 1. The van der Waals surface area contributed by atoms with Gasteiger partial charge in [0, 0.05) is 18.0 Å². The van der Waals surface area contributed by atoms with Crippen LogP contribution in [-0.2, 0) is 11.3 Å². The van der Waals surface area contributed by atoms with Crippen LogP contribution in [0.5, 0.6) is 5.75 Å². The van der Waals surface area contributed by atoms with Crippen molar-refractivity contribution in [3.63, 3.8) is 0 Å². The van der Waals surface area contributed by atoms with Crippen molar-refractivity contribution in [2.45, 2.75) is 26.4 Å². The summed E-state index contributed by atoms with van der Waals surface area (Å²) in [5.41, 5.74) is 1.11. The molecule has 0 unspecified atom stereocenters. The molecule has 0 radical (unpaired) electrons. The number of hydrogen-bond donors (Lipinski definition) is 1. The summed E-state index contributed by atoms with van der Waals surface area (Å²) in [6.07, 6.45) is 0. The molecular formula is C17H21NO3. The maximum absolute atomic E-state index is 11.0. The van der Waals surface area contributed by atoms with Crippen LogP contribution in [-0.4, -0.2) is 35.7 Å². The highest BCUT2D eigenvalue weighted by Gasteiger charge is 2.15. The Morgan fingerprint density at radius 1 is 1.19 bits per heavy atom. The summed E-state index contributed by atoms with van der Waals surface area (Å²) in [6.45, 7) is 4.66. The fourth-order valence-electron chi connectivity index (χ4n) is 2.46. The number of nitrogens with zero attached hydrogens (tertiary/aromatic N) is 1. The highest BCUT2D eigenvalue weighted by Crippen LogP contribution is 2.29. The van der Waals surface area contributed by atoms with Crippen LogP contribution >= 0.6 is 0 Å². The average molecular weight is 287 g/mol. The number of carbonyl (C=O) groups is 1. The summed E-state index contributed by atoms with van der Waals surface area (Å²) < 4.78 is 5.39. The lowest BCUT2D eigenvalue weighted by atomic mass is 10.0. The number of hydrogen-bond acceptors (Lipinski definition) is 3. The van der Waals surface area contributed by atoms with E-state index in [1.807, 2.05) is 55.1 Å². The van der Waals surface area contributed by atoms with E-state index in [9.17, 15) is 4.79 Å². The van der Waals surface area contributed by atoms with Gasteiger partial charge in [0.2, 0.25) is 0 Å². The zero-order valence-electron chi connectivity index (χ0n) is 12.7. The van der Waals surface area contributed by atoms with Crippen molar-refractivity contribution in [2.75, 3.05) is 13.7 Å². The quantitative estimate of drug-likeness (QED) is 0.886. The molecule has 2 aromatic rings. The monoisotopic (exact) mass is 287 g/mol. The molecule has 0 aliphatic rings. The summed E-state index contributed by atoms with van der Waals surface area (Å²) in [7, 11) is 1.66. The molecule has 0 aliphatic heterocycles. The minimum absolute atomic E-state index is 0.0397. The lowest BCUT2D eigenvalue weighted by Gasteiger charge is -2.25. The largest absolute Gasteiger partial charge is 0.496 e. The molecule has 0 heterocycles. The van der Waals surface area contributed by atoms with E-state index in [4.69, 9.17) is 9.84 Å². The van der Waals surface area contributed by atoms with Gasteiger partial charge < -0.3 is 9.84 Å². The molecule has 2 rings (SSSR count). The van der Waals surface area contributed by atoms with E-state index >= 15 is 0 Å². The maximum atomic E-state index is 11.0. The molecular weight excluding hydrogens is 266 g/mol. The first-order valence-corrected chi connectivity index (χ1v) is 7.03. The normalized spacial score (nSPS) is 11.3. The minimum Gasteiger partial charge on any atom is -0.496 e. The van der Waals surface area contributed by atoms with Crippen molar-refractivity contribution in [1.82, 2.24) is 4.90 Å². The summed E-state index contributed by atoms with van der Waals surface area (Å²) >= 11 is 0. The number of carboxylic acid groups (broad SMARTS) is 1. The summed E-state index contributed by atoms with van der Waals surface area (Å²) in [5.74, 6) is 0.0326. The smallest absolute Gasteiger partial charge is 0.317 e. The number of aliphatic carboxylic acids is 1. The SMILES string of the molecule is COc1ccc(CN(CC(=O)O)C(C)C)c2ccccc12. The zero-order valence-corrected chi connectivity index (χ0v) is 12.7. The van der Waals surface area contributed by atoms with E-state index in [2.05, 4.69) is 0 Å². The first-order chi connectivity index (χ1) is 10.0. The molecule has 21 heavy (non-hydrogen) atoms. The van der Waals surface area contributed by atoms with Gasteiger partial charge in [-0.15, -0.1) is 0 Å². The van der Waals surface area contributed by atoms with Crippen molar-refractivity contribution >= 4 is 16.7 Å². The summed E-state index contributed by atoms with van der Waals surface area (Å²) in [4.78, 5) is 12.9. The Morgan fingerprint density at radius 2 is 1.86 bits per heavy atom. The first kappa shape index (κ1) is 15.3. The van der Waals surface area contributed by atoms with E-state index < -0.39 is 5.97 Å². The van der Waals surface area contributed by atoms with Gasteiger partial charge in [0.15, 0.2) is 0 Å². The van der Waals surface area contributed by atoms with Gasteiger partial charge in [0.1, 0.15) is 5.75 Å². The van der Waals surface area contributed by atoms with Crippen LogP contribution < -0.4 is 4.74 Å². The Hall–Kier alpha value is -2.07. The molecule has 2 aromatic carbocycles. The van der Waals surface area contributed by atoms with Crippen molar-refractivity contribution in [3.8, 4) is 5.75 Å². The summed E-state index contributed by atoms with van der Waals surface area (Å²) in [6, 6.07) is 12.2. The topological polar surface area (TPSA) is 49.8 Å². The van der Waals surface area contributed by atoms with Gasteiger partial charge in [0.25, 0.3) is 0 Å². The van der Waals surface area contributed by atoms with Gasteiger partial charge >= 0.3 is 5.97 Å². The van der Waals surface area contributed by atoms with Crippen LogP contribution in [0.4, 0.5) is 0 Å². The third-order valence-corrected chi connectivity index (χ3v) is 3.64. The van der Waals surface area contributed by atoms with Gasteiger partial charge in [0.05, 0.1) is 13.7 Å². The lowest BCUT2D eigenvalue weighted by molar-refractivity contribution is -0.138. The Morgan fingerprint density at radius 3 is 2.43 bits per heavy atom. The number of benzene rings is 2. The van der Waals surface area contributed by atoms with Crippen molar-refractivity contribution in [3.05, 3.63) is 42.0 Å². The van der Waals surface area contributed by atoms with E-state index in [1.165, 1.54) is 0 Å². The van der Waals surface area contributed by atoms with E-state index in [1.54, 1.807) is 7.11 Å². The molecule has 4 nitrogen and oxygen atoms in total. The second kappa shape index (κ2) is 6.59. The molecule has 0 saturated heterocycles. The number of rotatable bonds is 6. The zero-order chi connectivity index (χ0) is 15.4. The molecule has 112 valence electrons. The fourth-order valence-corrected chi connectivity index (χ4v) is 2.46. The standard InChI is InChI=1S/C17H21NO3/c1-12(2)18(11-17(19)20)10-13-8-9-16(21-3)15-7-5-4-6-14(13)15/h4-9,12H,10-11H2,1-3H3,(H,19,20). The molecule has 0 atom stereocenters. The molecule has 1 N–H and O–H groups in total. The molecule has 0 fully saturated rings. The summed E-state index contributed by atoms with van der Waals surface area (Å²) in [5, 5.41) is 11.2. The Kier molecular flexibility index (Phi) is 4.81. The number of carboxylic acids is 1. The van der Waals surface area contributed by atoms with E-state index in [-0.39, 0.29) is 12.6 Å². The Balaban J connectivity index is 2.40. The van der Waals surface area contributed by atoms with Crippen LogP contribution in [0.15, 0.2) is 36.4 Å². The Labute approximate surface area is 124 Å². The number of fused-ring (bicyclic) bond motifs is 1. The fraction of sp³-hybridized carbons (Fsp3) is 0.353. The molecule has 0 aliphatic carbocycles. The van der Waals surface area contributed by atoms with Crippen molar-refractivity contribution in [1.29, 1.82) is 0 Å². The lowest BCUT2D eigenvalue weighted by Crippen LogP contribution is -2.35. The molecule has 0 aromatic heterocycles. The van der Waals surface area contributed by atoms with Gasteiger partial charge in [-0.05, 0) is 30.9 Å². The minimum atomic E-state index is -0.804. The molecule has 0 saturated carbocycles. The van der Waals surface area contributed by atoms with Crippen molar-refractivity contribution in [2.24, 2.45) is 0 Å². The van der Waals surface area contributed by atoms with Crippen LogP contribution in [0.25, 0.3) is 10.8 Å². The van der Waals surface area contributed by atoms with Gasteiger partial charge in [-0.25, -0.2) is 0 Å². The molecule has 4 heteroatoms. The van der Waals surface area contributed by atoms with Crippen LogP contribution in [0.1, 0.15) is 19.4 Å².